The molecule has 0 aromatic heterocycles. The minimum Gasteiger partial charge on any atom is -0.497 e. The smallest absolute Gasteiger partial charge is 0.333 e. The van der Waals surface area contributed by atoms with Crippen LogP contribution in [-0.4, -0.2) is 26.7 Å². The summed E-state index contributed by atoms with van der Waals surface area (Å²) >= 11 is 3.46. The van der Waals surface area contributed by atoms with Crippen LogP contribution in [0.3, 0.4) is 0 Å². The monoisotopic (exact) mass is 327 g/mol. The quantitative estimate of drug-likeness (QED) is 0.642. The summed E-state index contributed by atoms with van der Waals surface area (Å²) in [5.74, 6) is 0.493. The molecule has 0 heterocycles. The molecule has 0 aliphatic carbocycles. The molecule has 0 amide bonds. The summed E-state index contributed by atoms with van der Waals surface area (Å²) < 4.78 is 10.8. The number of nitrogens with one attached hydrogen (secondary N) is 1. The zero-order valence-electron chi connectivity index (χ0n) is 11.3. The first kappa shape index (κ1) is 15.6. The summed E-state index contributed by atoms with van der Waals surface area (Å²) in [5, 5.41) is 3.22. The second-order valence-electron chi connectivity index (χ2n) is 3.80. The van der Waals surface area contributed by atoms with Gasteiger partial charge in [-0.1, -0.05) is 13.0 Å². The van der Waals surface area contributed by atoms with Crippen molar-refractivity contribution in [3.63, 3.8) is 0 Å². The molecule has 5 heteroatoms. The standard InChI is InChI=1S/C14H18BrNO3/c1-4-10(14(17)19-3)7-8-16-13-9-11(18-2)5-6-12(13)15/h5-7,9,16H,4,8H2,1-3H3/b10-7-. The summed E-state index contributed by atoms with van der Waals surface area (Å²) in [6.45, 7) is 2.47. The summed E-state index contributed by atoms with van der Waals surface area (Å²) in [4.78, 5) is 11.4. The van der Waals surface area contributed by atoms with Crippen LogP contribution in [0.1, 0.15) is 13.3 Å². The molecule has 0 radical (unpaired) electrons. The Kier molecular flexibility index (Phi) is 6.42. The predicted octanol–water partition coefficient (Wildman–Crippen LogP) is 3.38. The molecule has 104 valence electrons. The number of esters is 1. The van der Waals surface area contributed by atoms with Gasteiger partial charge in [0.15, 0.2) is 0 Å². The van der Waals surface area contributed by atoms with Gasteiger partial charge in [-0.05, 0) is 34.5 Å². The average Bonchev–Trinajstić information content (AvgIpc) is 2.44. The molecule has 0 fully saturated rings. The van der Waals surface area contributed by atoms with E-state index in [-0.39, 0.29) is 5.97 Å². The highest BCUT2D eigenvalue weighted by Crippen LogP contribution is 2.26. The fourth-order valence-corrected chi connectivity index (χ4v) is 1.94. The highest BCUT2D eigenvalue weighted by atomic mass is 79.9. The Morgan fingerprint density at radius 2 is 2.16 bits per heavy atom. The molecule has 19 heavy (non-hydrogen) atoms. The van der Waals surface area contributed by atoms with Crippen molar-refractivity contribution in [2.45, 2.75) is 13.3 Å². The molecule has 0 saturated heterocycles. The Morgan fingerprint density at radius 3 is 2.74 bits per heavy atom. The maximum Gasteiger partial charge on any atom is 0.333 e. The lowest BCUT2D eigenvalue weighted by atomic mass is 10.2. The van der Waals surface area contributed by atoms with Gasteiger partial charge in [-0.15, -0.1) is 0 Å². The summed E-state index contributed by atoms with van der Waals surface area (Å²) in [6.07, 6.45) is 2.48. The average molecular weight is 328 g/mol. The van der Waals surface area contributed by atoms with Gasteiger partial charge in [0, 0.05) is 22.7 Å². The largest absolute Gasteiger partial charge is 0.497 e. The maximum atomic E-state index is 11.4. The van der Waals surface area contributed by atoms with Crippen molar-refractivity contribution in [3.8, 4) is 5.75 Å². The minimum absolute atomic E-state index is 0.283. The number of hydrogen-bond acceptors (Lipinski definition) is 4. The molecule has 0 unspecified atom stereocenters. The molecular weight excluding hydrogens is 310 g/mol. The molecule has 4 nitrogen and oxygen atoms in total. The van der Waals surface area contributed by atoms with E-state index in [9.17, 15) is 4.79 Å². The topological polar surface area (TPSA) is 47.6 Å². The van der Waals surface area contributed by atoms with Crippen molar-refractivity contribution < 1.29 is 14.3 Å². The van der Waals surface area contributed by atoms with Gasteiger partial charge in [-0.25, -0.2) is 4.79 Å². The van der Waals surface area contributed by atoms with Crippen LogP contribution in [0.15, 0.2) is 34.3 Å². The summed E-state index contributed by atoms with van der Waals surface area (Å²) in [6, 6.07) is 5.67. The van der Waals surface area contributed by atoms with Gasteiger partial charge >= 0.3 is 5.97 Å². The van der Waals surface area contributed by atoms with Crippen LogP contribution in [0.25, 0.3) is 0 Å². The van der Waals surface area contributed by atoms with Gasteiger partial charge in [0.25, 0.3) is 0 Å². The van der Waals surface area contributed by atoms with Gasteiger partial charge in [-0.2, -0.15) is 0 Å². The van der Waals surface area contributed by atoms with Gasteiger partial charge < -0.3 is 14.8 Å². The highest BCUT2D eigenvalue weighted by molar-refractivity contribution is 9.10. The SMILES string of the molecule is CC/C(=C/CNc1cc(OC)ccc1Br)C(=O)OC. The number of methoxy groups -OCH3 is 2. The molecule has 1 N–H and O–H groups in total. The Bertz CT molecular complexity index is 472. The Morgan fingerprint density at radius 1 is 1.42 bits per heavy atom. The number of carbonyl (C=O) groups excluding carboxylic acids is 1. The first-order valence-corrected chi connectivity index (χ1v) is 6.76. The van der Waals surface area contributed by atoms with Crippen LogP contribution in [-0.2, 0) is 9.53 Å². The molecule has 0 aliphatic rings. The molecule has 0 aliphatic heterocycles. The van der Waals surface area contributed by atoms with Crippen LogP contribution in [0.2, 0.25) is 0 Å². The highest BCUT2D eigenvalue weighted by Gasteiger charge is 2.06. The van der Waals surface area contributed by atoms with E-state index in [1.165, 1.54) is 7.11 Å². The lowest BCUT2D eigenvalue weighted by Gasteiger charge is -2.09. The second kappa shape index (κ2) is 7.84. The Balaban J connectivity index is 2.71. The number of halogens is 1. The van der Waals surface area contributed by atoms with E-state index in [2.05, 4.69) is 21.2 Å². The zero-order chi connectivity index (χ0) is 14.3. The molecule has 0 bridgehead atoms. The van der Waals surface area contributed by atoms with Crippen LogP contribution in [0.4, 0.5) is 5.69 Å². The van der Waals surface area contributed by atoms with Crippen molar-refractivity contribution in [1.29, 1.82) is 0 Å². The molecular formula is C14H18BrNO3. The molecule has 1 aromatic rings. The van der Waals surface area contributed by atoms with E-state index in [1.807, 2.05) is 31.2 Å². The Hall–Kier alpha value is -1.49. The third kappa shape index (κ3) is 4.59. The summed E-state index contributed by atoms with van der Waals surface area (Å²) in [5.41, 5.74) is 1.57. The van der Waals surface area contributed by atoms with Gasteiger partial charge in [0.1, 0.15) is 5.75 Å². The fourth-order valence-electron chi connectivity index (χ4n) is 1.55. The van der Waals surface area contributed by atoms with Crippen LogP contribution < -0.4 is 10.1 Å². The van der Waals surface area contributed by atoms with Crippen molar-refractivity contribution >= 4 is 27.6 Å². The number of ether oxygens (including phenoxy) is 2. The normalized spacial score (nSPS) is 11.1. The summed E-state index contributed by atoms with van der Waals surface area (Å²) in [7, 11) is 3.01. The molecule has 0 saturated carbocycles. The number of anilines is 1. The third-order valence-electron chi connectivity index (χ3n) is 2.64. The van der Waals surface area contributed by atoms with E-state index in [4.69, 9.17) is 9.47 Å². The van der Waals surface area contributed by atoms with Gasteiger partial charge in [0.2, 0.25) is 0 Å². The lowest BCUT2D eigenvalue weighted by molar-refractivity contribution is -0.136. The number of rotatable bonds is 6. The van der Waals surface area contributed by atoms with Crippen LogP contribution >= 0.6 is 15.9 Å². The van der Waals surface area contributed by atoms with E-state index in [0.29, 0.717) is 18.5 Å². The van der Waals surface area contributed by atoms with Crippen LogP contribution in [0, 0.1) is 0 Å². The maximum absolute atomic E-state index is 11.4. The van der Waals surface area contributed by atoms with E-state index < -0.39 is 0 Å². The van der Waals surface area contributed by atoms with E-state index >= 15 is 0 Å². The number of benzene rings is 1. The minimum atomic E-state index is -0.283. The van der Waals surface area contributed by atoms with Crippen LogP contribution in [0.5, 0.6) is 5.75 Å². The first-order chi connectivity index (χ1) is 9.12. The third-order valence-corrected chi connectivity index (χ3v) is 3.33. The van der Waals surface area contributed by atoms with E-state index in [1.54, 1.807) is 7.11 Å². The zero-order valence-corrected chi connectivity index (χ0v) is 12.9. The lowest BCUT2D eigenvalue weighted by Crippen LogP contribution is -2.07. The predicted molar refractivity (Wildman–Crippen MR) is 79.6 cm³/mol. The van der Waals surface area contributed by atoms with E-state index in [0.717, 1.165) is 15.9 Å². The fraction of sp³-hybridized carbons (Fsp3) is 0.357. The Labute approximate surface area is 121 Å². The van der Waals surface area contributed by atoms with Gasteiger partial charge in [0.05, 0.1) is 19.9 Å². The number of carbonyl (C=O) groups is 1. The molecule has 1 rings (SSSR count). The molecule has 0 spiro atoms. The van der Waals surface area contributed by atoms with Crippen molar-refractivity contribution in [1.82, 2.24) is 0 Å². The van der Waals surface area contributed by atoms with Crippen molar-refractivity contribution in [2.24, 2.45) is 0 Å². The first-order valence-electron chi connectivity index (χ1n) is 5.97. The second-order valence-corrected chi connectivity index (χ2v) is 4.66. The molecule has 0 atom stereocenters. The molecule has 1 aromatic carbocycles. The van der Waals surface area contributed by atoms with Gasteiger partial charge in [-0.3, -0.25) is 0 Å². The van der Waals surface area contributed by atoms with Crippen molar-refractivity contribution in [3.05, 3.63) is 34.3 Å². The number of hydrogen-bond donors (Lipinski definition) is 1. The van der Waals surface area contributed by atoms with Crippen molar-refractivity contribution in [2.75, 3.05) is 26.1 Å².